The van der Waals surface area contributed by atoms with Gasteiger partial charge in [0.05, 0.1) is 11.6 Å². The van der Waals surface area contributed by atoms with Gasteiger partial charge in [0.25, 0.3) is 5.91 Å². The van der Waals surface area contributed by atoms with Crippen LogP contribution < -0.4 is 16.4 Å². The van der Waals surface area contributed by atoms with E-state index in [-0.39, 0.29) is 5.91 Å². The van der Waals surface area contributed by atoms with E-state index in [1.807, 2.05) is 18.2 Å². The SMILES string of the molecule is CC/C(C)=C(/CNC(=O)c1csc(CCN)n1)Nc1ccccc1C. The number of rotatable bonds is 8. The first-order chi connectivity index (χ1) is 12.0. The monoisotopic (exact) mass is 358 g/mol. The molecular formula is C19H26N4OS. The molecule has 1 aromatic carbocycles. The number of hydrogen-bond acceptors (Lipinski definition) is 5. The lowest BCUT2D eigenvalue weighted by Gasteiger charge is -2.16. The summed E-state index contributed by atoms with van der Waals surface area (Å²) >= 11 is 1.47. The Balaban J connectivity index is 2.05. The molecule has 134 valence electrons. The molecule has 2 rings (SSSR count). The van der Waals surface area contributed by atoms with Gasteiger partial charge in [-0.25, -0.2) is 4.98 Å². The Kier molecular flexibility index (Phi) is 7.16. The summed E-state index contributed by atoms with van der Waals surface area (Å²) < 4.78 is 0. The van der Waals surface area contributed by atoms with Crippen LogP contribution in [0.1, 0.15) is 41.3 Å². The molecule has 5 nitrogen and oxygen atoms in total. The predicted octanol–water partition coefficient (Wildman–Crippen LogP) is 3.48. The average molecular weight is 359 g/mol. The van der Waals surface area contributed by atoms with Crippen molar-refractivity contribution in [2.24, 2.45) is 5.73 Å². The summed E-state index contributed by atoms with van der Waals surface area (Å²) in [5.74, 6) is -0.160. The molecule has 0 unspecified atom stereocenters. The number of para-hydroxylation sites is 1. The van der Waals surface area contributed by atoms with Gasteiger partial charge in [0.1, 0.15) is 5.69 Å². The molecule has 4 N–H and O–H groups in total. The second kappa shape index (κ2) is 9.34. The second-order valence-electron chi connectivity index (χ2n) is 5.90. The number of aromatic nitrogens is 1. The third kappa shape index (κ3) is 5.41. The minimum atomic E-state index is -0.160. The highest BCUT2D eigenvalue weighted by atomic mass is 32.1. The smallest absolute Gasteiger partial charge is 0.271 e. The van der Waals surface area contributed by atoms with Gasteiger partial charge in [-0.1, -0.05) is 30.7 Å². The molecule has 0 saturated carbocycles. The summed E-state index contributed by atoms with van der Waals surface area (Å²) in [4.78, 5) is 16.7. The number of benzene rings is 1. The zero-order chi connectivity index (χ0) is 18.2. The highest BCUT2D eigenvalue weighted by molar-refractivity contribution is 7.09. The Hall–Kier alpha value is -2.18. The van der Waals surface area contributed by atoms with Crippen LogP contribution >= 0.6 is 11.3 Å². The van der Waals surface area contributed by atoms with E-state index in [4.69, 9.17) is 5.73 Å². The fourth-order valence-corrected chi connectivity index (χ4v) is 3.10. The zero-order valence-corrected chi connectivity index (χ0v) is 15.9. The van der Waals surface area contributed by atoms with Crippen LogP contribution in [-0.2, 0) is 6.42 Å². The lowest BCUT2D eigenvalue weighted by Crippen LogP contribution is -2.28. The van der Waals surface area contributed by atoms with Crippen LogP contribution in [0.2, 0.25) is 0 Å². The Morgan fingerprint density at radius 3 is 2.76 bits per heavy atom. The lowest BCUT2D eigenvalue weighted by atomic mass is 10.1. The van der Waals surface area contributed by atoms with Crippen LogP contribution in [0, 0.1) is 6.92 Å². The van der Waals surface area contributed by atoms with E-state index in [0.717, 1.165) is 22.8 Å². The van der Waals surface area contributed by atoms with E-state index in [1.165, 1.54) is 22.5 Å². The second-order valence-corrected chi connectivity index (χ2v) is 6.84. The zero-order valence-electron chi connectivity index (χ0n) is 15.1. The maximum absolute atomic E-state index is 12.3. The lowest BCUT2D eigenvalue weighted by molar-refractivity contribution is 0.0952. The number of carbonyl (C=O) groups excluding carboxylic acids is 1. The number of aryl methyl sites for hydroxylation is 1. The molecule has 1 heterocycles. The summed E-state index contributed by atoms with van der Waals surface area (Å²) in [7, 11) is 0. The van der Waals surface area contributed by atoms with E-state index in [9.17, 15) is 4.79 Å². The van der Waals surface area contributed by atoms with Crippen LogP contribution in [0.4, 0.5) is 5.69 Å². The number of nitrogens with two attached hydrogens (primary N) is 1. The van der Waals surface area contributed by atoms with Crippen molar-refractivity contribution in [2.45, 2.75) is 33.6 Å². The molecule has 25 heavy (non-hydrogen) atoms. The van der Waals surface area contributed by atoms with Gasteiger partial charge >= 0.3 is 0 Å². The first kappa shape index (κ1) is 19.1. The van der Waals surface area contributed by atoms with Crippen molar-refractivity contribution in [1.82, 2.24) is 10.3 Å². The summed E-state index contributed by atoms with van der Waals surface area (Å²) in [5.41, 5.74) is 10.4. The van der Waals surface area contributed by atoms with E-state index in [0.29, 0.717) is 25.2 Å². The van der Waals surface area contributed by atoms with Gasteiger partial charge in [-0.15, -0.1) is 11.3 Å². The summed E-state index contributed by atoms with van der Waals surface area (Å²) in [5, 5.41) is 9.10. The van der Waals surface area contributed by atoms with Crippen molar-refractivity contribution in [1.29, 1.82) is 0 Å². The van der Waals surface area contributed by atoms with E-state index >= 15 is 0 Å². The van der Waals surface area contributed by atoms with E-state index < -0.39 is 0 Å². The third-order valence-corrected chi connectivity index (χ3v) is 4.95. The number of carbonyl (C=O) groups is 1. The Morgan fingerprint density at radius 2 is 2.08 bits per heavy atom. The number of nitrogens with one attached hydrogen (secondary N) is 2. The Bertz CT molecular complexity index is 751. The van der Waals surface area contributed by atoms with Gasteiger partial charge < -0.3 is 16.4 Å². The molecule has 0 aliphatic rings. The third-order valence-electron chi connectivity index (χ3n) is 4.04. The number of nitrogens with zero attached hydrogens (tertiary/aromatic N) is 1. The molecule has 0 atom stereocenters. The topological polar surface area (TPSA) is 80.0 Å². The number of hydrogen-bond donors (Lipinski definition) is 3. The normalized spacial score (nSPS) is 11.8. The van der Waals surface area contributed by atoms with Gasteiger partial charge in [-0.2, -0.15) is 0 Å². The molecule has 2 aromatic rings. The molecule has 6 heteroatoms. The minimum absolute atomic E-state index is 0.160. The van der Waals surface area contributed by atoms with Gasteiger partial charge in [-0.05, 0) is 38.4 Å². The maximum Gasteiger partial charge on any atom is 0.271 e. The molecule has 1 amide bonds. The standard InChI is InChI=1S/C19H26N4OS/c1-4-13(2)16(22-15-8-6-5-7-14(15)3)11-21-19(24)17-12-25-18(23-17)9-10-20/h5-8,12,22H,4,9-11,20H2,1-3H3,(H,21,24)/b16-13-. The van der Waals surface area contributed by atoms with Crippen LogP contribution in [0.15, 0.2) is 40.9 Å². The molecule has 1 aromatic heterocycles. The molecule has 0 aliphatic carbocycles. The summed E-state index contributed by atoms with van der Waals surface area (Å²) in [6.45, 7) is 7.23. The highest BCUT2D eigenvalue weighted by Crippen LogP contribution is 2.18. The average Bonchev–Trinajstić information content (AvgIpc) is 3.08. The van der Waals surface area contributed by atoms with Crippen LogP contribution in [0.5, 0.6) is 0 Å². The van der Waals surface area contributed by atoms with Crippen LogP contribution in [0.3, 0.4) is 0 Å². The van der Waals surface area contributed by atoms with Crippen molar-refractivity contribution >= 4 is 22.9 Å². The molecule has 0 aliphatic heterocycles. The number of amides is 1. The van der Waals surface area contributed by atoms with E-state index in [2.05, 4.69) is 42.5 Å². The fourth-order valence-electron chi connectivity index (χ4n) is 2.30. The fraction of sp³-hybridized carbons (Fsp3) is 0.368. The van der Waals surface area contributed by atoms with Crippen molar-refractivity contribution in [3.8, 4) is 0 Å². The Labute approximate surface area is 153 Å². The van der Waals surface area contributed by atoms with E-state index in [1.54, 1.807) is 5.38 Å². The predicted molar refractivity (Wildman–Crippen MR) is 105 cm³/mol. The van der Waals surface area contributed by atoms with Crippen LogP contribution in [-0.4, -0.2) is 24.0 Å². The first-order valence-electron chi connectivity index (χ1n) is 8.49. The molecule has 0 bridgehead atoms. The Morgan fingerprint density at radius 1 is 1.32 bits per heavy atom. The van der Waals surface area contributed by atoms with Crippen molar-refractivity contribution < 1.29 is 4.79 Å². The van der Waals surface area contributed by atoms with Crippen molar-refractivity contribution in [2.75, 3.05) is 18.4 Å². The number of thiazole rings is 1. The number of anilines is 1. The van der Waals surface area contributed by atoms with Gasteiger partial charge in [0.15, 0.2) is 0 Å². The largest absolute Gasteiger partial charge is 0.357 e. The highest BCUT2D eigenvalue weighted by Gasteiger charge is 2.12. The van der Waals surface area contributed by atoms with Gasteiger partial charge in [0, 0.05) is 23.2 Å². The molecule has 0 fully saturated rings. The van der Waals surface area contributed by atoms with Crippen molar-refractivity contribution in [3.63, 3.8) is 0 Å². The first-order valence-corrected chi connectivity index (χ1v) is 9.37. The quantitative estimate of drug-likeness (QED) is 0.675. The summed E-state index contributed by atoms with van der Waals surface area (Å²) in [6.07, 6.45) is 1.62. The molecule has 0 radical (unpaired) electrons. The molecular weight excluding hydrogens is 332 g/mol. The van der Waals surface area contributed by atoms with Gasteiger partial charge in [-0.3, -0.25) is 4.79 Å². The van der Waals surface area contributed by atoms with Crippen molar-refractivity contribution in [3.05, 3.63) is 57.2 Å². The summed E-state index contributed by atoms with van der Waals surface area (Å²) in [6, 6.07) is 8.12. The molecule has 0 spiro atoms. The van der Waals surface area contributed by atoms with Gasteiger partial charge in [0.2, 0.25) is 0 Å². The maximum atomic E-state index is 12.3. The molecule has 0 saturated heterocycles. The number of allylic oxidation sites excluding steroid dienone is 1. The minimum Gasteiger partial charge on any atom is -0.357 e. The van der Waals surface area contributed by atoms with Crippen LogP contribution in [0.25, 0.3) is 0 Å².